The largest absolute Gasteiger partial charge is 0.393 e. The van der Waals surface area contributed by atoms with Crippen molar-refractivity contribution in [1.29, 1.82) is 0 Å². The van der Waals surface area contributed by atoms with Crippen molar-refractivity contribution in [3.8, 4) is 0 Å². The summed E-state index contributed by atoms with van der Waals surface area (Å²) in [6.45, 7) is 8.39. The van der Waals surface area contributed by atoms with Gasteiger partial charge in [-0.1, -0.05) is 13.8 Å². The molecule has 5 nitrogen and oxygen atoms in total. The van der Waals surface area contributed by atoms with Gasteiger partial charge in [0, 0.05) is 38.7 Å². The van der Waals surface area contributed by atoms with Crippen LogP contribution in [-0.4, -0.2) is 61.0 Å². The van der Waals surface area contributed by atoms with Gasteiger partial charge in [-0.25, -0.2) is 0 Å². The predicted octanol–water partition coefficient (Wildman–Crippen LogP) is 1.84. The lowest BCUT2D eigenvalue weighted by molar-refractivity contribution is -0.177. The van der Waals surface area contributed by atoms with Crippen molar-refractivity contribution >= 4 is 29.9 Å². The summed E-state index contributed by atoms with van der Waals surface area (Å²) in [5, 5.41) is 13.2. The lowest BCUT2D eigenvalue weighted by Gasteiger charge is -2.59. The number of aliphatic hydroxyl groups is 1. The number of aliphatic imine (C=N–C) groups is 1. The molecule has 2 N–H and O–H groups in total. The fourth-order valence-corrected chi connectivity index (χ4v) is 3.25. The van der Waals surface area contributed by atoms with Crippen molar-refractivity contribution in [3.63, 3.8) is 0 Å². The SMILES string of the molecule is CN=C(NC1CC(C)(OC)C1(C)C)N1CCC(O)CC1.I. The molecule has 21 heavy (non-hydrogen) atoms. The van der Waals surface area contributed by atoms with Crippen molar-refractivity contribution in [3.05, 3.63) is 0 Å². The topological polar surface area (TPSA) is 57.1 Å². The van der Waals surface area contributed by atoms with Crippen molar-refractivity contribution in [2.75, 3.05) is 27.2 Å². The lowest BCUT2D eigenvalue weighted by atomic mass is 9.56. The Balaban J connectivity index is 0.00000220. The Labute approximate surface area is 145 Å². The van der Waals surface area contributed by atoms with E-state index in [0.717, 1.165) is 38.3 Å². The second-order valence-electron chi connectivity index (χ2n) is 6.82. The van der Waals surface area contributed by atoms with Gasteiger partial charge in [-0.2, -0.15) is 0 Å². The van der Waals surface area contributed by atoms with Crippen LogP contribution in [0.1, 0.15) is 40.0 Å². The highest BCUT2D eigenvalue weighted by Gasteiger charge is 2.58. The number of rotatable bonds is 2. The molecular formula is C15H30IN3O2. The third-order valence-corrected chi connectivity index (χ3v) is 5.56. The maximum absolute atomic E-state index is 9.60. The van der Waals surface area contributed by atoms with Gasteiger partial charge in [-0.3, -0.25) is 4.99 Å². The number of methoxy groups -OCH3 is 1. The first-order chi connectivity index (χ1) is 9.34. The molecule has 1 aliphatic heterocycles. The predicted molar refractivity (Wildman–Crippen MR) is 96.3 cm³/mol. The molecule has 1 aliphatic carbocycles. The maximum Gasteiger partial charge on any atom is 0.193 e. The van der Waals surface area contributed by atoms with Gasteiger partial charge in [-0.05, 0) is 26.2 Å². The molecule has 6 heteroatoms. The van der Waals surface area contributed by atoms with Crippen LogP contribution in [0.4, 0.5) is 0 Å². The Bertz CT molecular complexity index is 381. The van der Waals surface area contributed by atoms with E-state index >= 15 is 0 Å². The highest BCUT2D eigenvalue weighted by atomic mass is 127. The summed E-state index contributed by atoms with van der Waals surface area (Å²) in [5.74, 6) is 0.952. The fraction of sp³-hybridized carbons (Fsp3) is 0.933. The van der Waals surface area contributed by atoms with E-state index in [1.54, 1.807) is 7.11 Å². The van der Waals surface area contributed by atoms with Crippen molar-refractivity contribution in [2.24, 2.45) is 10.4 Å². The fourth-order valence-electron chi connectivity index (χ4n) is 3.25. The van der Waals surface area contributed by atoms with E-state index in [1.807, 2.05) is 7.05 Å². The molecule has 2 fully saturated rings. The number of halogens is 1. The van der Waals surface area contributed by atoms with Crippen LogP contribution in [0.25, 0.3) is 0 Å². The Morgan fingerprint density at radius 1 is 1.29 bits per heavy atom. The number of aliphatic hydroxyl groups excluding tert-OH is 1. The first kappa shape index (κ1) is 19.0. The number of nitrogens with one attached hydrogen (secondary N) is 1. The van der Waals surface area contributed by atoms with E-state index < -0.39 is 0 Å². The number of piperidine rings is 1. The normalized spacial score (nSPS) is 33.1. The summed E-state index contributed by atoms with van der Waals surface area (Å²) in [7, 11) is 3.62. The summed E-state index contributed by atoms with van der Waals surface area (Å²) in [5.41, 5.74) is 0.00853. The summed E-state index contributed by atoms with van der Waals surface area (Å²) >= 11 is 0. The summed E-state index contributed by atoms with van der Waals surface area (Å²) in [4.78, 5) is 6.65. The van der Waals surface area contributed by atoms with Gasteiger partial charge in [0.25, 0.3) is 0 Å². The van der Waals surface area contributed by atoms with Gasteiger partial charge in [0.05, 0.1) is 11.7 Å². The van der Waals surface area contributed by atoms with Gasteiger partial charge in [0.15, 0.2) is 5.96 Å². The number of guanidine groups is 1. The zero-order valence-electron chi connectivity index (χ0n) is 13.8. The maximum atomic E-state index is 9.60. The van der Waals surface area contributed by atoms with E-state index in [9.17, 15) is 5.11 Å². The van der Waals surface area contributed by atoms with Crippen molar-refractivity contribution in [1.82, 2.24) is 10.2 Å². The van der Waals surface area contributed by atoms with E-state index in [4.69, 9.17) is 4.74 Å². The third-order valence-electron chi connectivity index (χ3n) is 5.56. The molecule has 2 rings (SSSR count). The average Bonchev–Trinajstić information content (AvgIpc) is 2.44. The second-order valence-corrected chi connectivity index (χ2v) is 6.82. The molecule has 0 bridgehead atoms. The summed E-state index contributed by atoms with van der Waals surface area (Å²) < 4.78 is 5.67. The van der Waals surface area contributed by atoms with Crippen LogP contribution in [0.3, 0.4) is 0 Å². The quantitative estimate of drug-likeness (QED) is 0.414. The zero-order chi connectivity index (χ0) is 15.0. The number of likely N-dealkylation sites (tertiary alicyclic amines) is 1. The molecule has 1 saturated heterocycles. The van der Waals surface area contributed by atoms with Crippen molar-refractivity contribution < 1.29 is 9.84 Å². The Hall–Kier alpha value is -0.0800. The second kappa shape index (κ2) is 7.00. The molecule has 124 valence electrons. The lowest BCUT2D eigenvalue weighted by Crippen LogP contribution is -2.69. The highest BCUT2D eigenvalue weighted by molar-refractivity contribution is 14.0. The average molecular weight is 411 g/mol. The van der Waals surface area contributed by atoms with Crippen LogP contribution in [0.15, 0.2) is 4.99 Å². The van der Waals surface area contributed by atoms with Gasteiger partial charge < -0.3 is 20.1 Å². The van der Waals surface area contributed by atoms with E-state index in [2.05, 4.69) is 36.0 Å². The molecule has 0 aromatic rings. The standard InChI is InChI=1S/C15H29N3O2.HI/c1-14(2)12(10-15(14,3)20-5)17-13(16-4)18-8-6-11(19)7-9-18;/h11-12,19H,6-10H2,1-5H3,(H,16,17);1H. The van der Waals surface area contributed by atoms with Gasteiger partial charge in [-0.15, -0.1) is 24.0 Å². The Morgan fingerprint density at radius 2 is 1.86 bits per heavy atom. The molecule has 0 radical (unpaired) electrons. The summed E-state index contributed by atoms with van der Waals surface area (Å²) in [6.07, 6.45) is 2.49. The summed E-state index contributed by atoms with van der Waals surface area (Å²) in [6, 6.07) is 0.373. The Kier molecular flexibility index (Phi) is 6.32. The first-order valence-electron chi connectivity index (χ1n) is 7.55. The minimum atomic E-state index is -0.152. The van der Waals surface area contributed by atoms with E-state index in [0.29, 0.717) is 6.04 Å². The molecule has 0 amide bonds. The zero-order valence-corrected chi connectivity index (χ0v) is 16.2. The third kappa shape index (κ3) is 3.47. The smallest absolute Gasteiger partial charge is 0.193 e. The minimum Gasteiger partial charge on any atom is -0.393 e. The number of hydrogen-bond donors (Lipinski definition) is 2. The highest BCUT2D eigenvalue weighted by Crippen LogP contribution is 2.51. The molecule has 2 unspecified atom stereocenters. The van der Waals surface area contributed by atoms with Gasteiger partial charge in [0.2, 0.25) is 0 Å². The molecule has 1 saturated carbocycles. The monoisotopic (exact) mass is 411 g/mol. The van der Waals surface area contributed by atoms with Crippen LogP contribution in [0.2, 0.25) is 0 Å². The van der Waals surface area contributed by atoms with Crippen molar-refractivity contribution in [2.45, 2.75) is 57.8 Å². The first-order valence-corrected chi connectivity index (χ1v) is 7.55. The molecule has 2 atom stereocenters. The van der Waals surface area contributed by atoms with Crippen LogP contribution >= 0.6 is 24.0 Å². The molecule has 2 aliphatic rings. The van der Waals surface area contributed by atoms with Crippen LogP contribution < -0.4 is 5.32 Å². The number of nitrogens with zero attached hydrogens (tertiary/aromatic N) is 2. The molecule has 0 spiro atoms. The van der Waals surface area contributed by atoms with Crippen LogP contribution in [0, 0.1) is 5.41 Å². The van der Waals surface area contributed by atoms with E-state index in [-0.39, 0.29) is 41.1 Å². The minimum absolute atomic E-state index is 0. The molecular weight excluding hydrogens is 381 g/mol. The van der Waals surface area contributed by atoms with Crippen LogP contribution in [0.5, 0.6) is 0 Å². The molecule has 1 heterocycles. The number of hydrogen-bond acceptors (Lipinski definition) is 3. The molecule has 0 aromatic heterocycles. The van der Waals surface area contributed by atoms with Gasteiger partial charge >= 0.3 is 0 Å². The van der Waals surface area contributed by atoms with Crippen LogP contribution in [-0.2, 0) is 4.74 Å². The van der Waals surface area contributed by atoms with E-state index in [1.165, 1.54) is 0 Å². The molecule has 0 aromatic carbocycles. The Morgan fingerprint density at radius 3 is 2.29 bits per heavy atom. The van der Waals surface area contributed by atoms with Gasteiger partial charge in [0.1, 0.15) is 0 Å². The number of ether oxygens (including phenoxy) is 1.